The first kappa shape index (κ1) is 35.9. The molecule has 14 heteroatoms. The van der Waals surface area contributed by atoms with E-state index in [2.05, 4.69) is 23.6 Å². The van der Waals surface area contributed by atoms with E-state index in [1.165, 1.54) is 18.3 Å². The van der Waals surface area contributed by atoms with Crippen LogP contribution in [0, 0.1) is 7.14 Å². The quantitative estimate of drug-likeness (QED) is 0.175. The van der Waals surface area contributed by atoms with Crippen LogP contribution in [0.1, 0.15) is 47.1 Å². The average Bonchev–Trinajstić information content (AvgIpc) is 2.92. The number of halogens is 3. The number of guanidine groups is 1. The molecule has 1 saturated heterocycles. The molecule has 0 unspecified atom stereocenters. The monoisotopic (exact) mass is 855 g/mol. The summed E-state index contributed by atoms with van der Waals surface area (Å²) in [4.78, 5) is 49.6. The maximum atomic E-state index is 13.8. The molecule has 0 spiro atoms. The van der Waals surface area contributed by atoms with E-state index in [-0.39, 0.29) is 31.9 Å². The Hall–Kier alpha value is -2.53. The van der Waals surface area contributed by atoms with E-state index in [9.17, 15) is 14.4 Å². The fraction of sp³-hybridized carbons (Fsp3) is 0.467. The van der Waals surface area contributed by atoms with Gasteiger partial charge in [0.25, 0.3) is 0 Å². The van der Waals surface area contributed by atoms with Gasteiger partial charge in [0.05, 0.1) is 0 Å². The van der Waals surface area contributed by atoms with Crippen molar-refractivity contribution in [1.29, 1.82) is 0 Å². The van der Waals surface area contributed by atoms with Gasteiger partial charge in [-0.15, -0.1) is 0 Å². The fourth-order valence-electron chi connectivity index (χ4n) is 4.04. The van der Waals surface area contributed by atoms with Crippen molar-refractivity contribution in [3.63, 3.8) is 0 Å². The normalized spacial score (nSPS) is 14.8. The van der Waals surface area contributed by atoms with Crippen LogP contribution in [0.15, 0.2) is 47.5 Å². The molecule has 0 aliphatic carbocycles. The third kappa shape index (κ3) is 9.99. The Morgan fingerprint density at radius 2 is 1.55 bits per heavy atom. The van der Waals surface area contributed by atoms with E-state index in [4.69, 9.17) is 25.8 Å². The summed E-state index contributed by atoms with van der Waals surface area (Å²) in [6, 6.07) is 13.4. The molecule has 0 atom stereocenters. The topological polar surface area (TPSA) is 104 Å². The second kappa shape index (κ2) is 14.7. The Morgan fingerprint density at radius 3 is 2.07 bits per heavy atom. The molecule has 0 saturated carbocycles. The summed E-state index contributed by atoms with van der Waals surface area (Å²) in [5, 5.41) is 0.633. The number of aliphatic imine (C=N–C) groups is 1. The van der Waals surface area contributed by atoms with E-state index in [0.717, 1.165) is 14.9 Å². The van der Waals surface area contributed by atoms with E-state index in [1.54, 1.807) is 67.6 Å². The van der Waals surface area contributed by atoms with Gasteiger partial charge < -0.3 is 0 Å². The van der Waals surface area contributed by atoms with Crippen LogP contribution < -0.4 is 4.74 Å². The van der Waals surface area contributed by atoms with Crippen molar-refractivity contribution < 1.29 is 28.6 Å². The van der Waals surface area contributed by atoms with Gasteiger partial charge in [0, 0.05) is 0 Å². The molecule has 11 nitrogen and oxygen atoms in total. The van der Waals surface area contributed by atoms with Crippen molar-refractivity contribution in [2.75, 3.05) is 34.5 Å². The van der Waals surface area contributed by atoms with Crippen LogP contribution >= 0.6 is 46.1 Å². The van der Waals surface area contributed by atoms with Gasteiger partial charge in [-0.2, -0.15) is 0 Å². The number of urea groups is 1. The number of amides is 4. The number of carbonyl (C=O) groups is 3. The second-order valence-electron chi connectivity index (χ2n) is 12.1. The molecule has 1 aliphatic heterocycles. The van der Waals surface area contributed by atoms with Gasteiger partial charge in [-0.3, -0.25) is 0 Å². The zero-order chi connectivity index (χ0) is 33.0. The summed E-state index contributed by atoms with van der Waals surface area (Å²) in [6.45, 7) is 10.7. The van der Waals surface area contributed by atoms with Crippen molar-refractivity contribution in [3.05, 3.63) is 60.2 Å². The molecule has 0 N–H and O–H groups in total. The van der Waals surface area contributed by atoms with Gasteiger partial charge in [0.1, 0.15) is 0 Å². The molecule has 0 radical (unpaired) electrons. The van der Waals surface area contributed by atoms with Crippen LogP contribution in [-0.2, 0) is 16.0 Å². The van der Waals surface area contributed by atoms with E-state index < -0.39 is 39.2 Å². The summed E-state index contributed by atoms with van der Waals surface area (Å²) >= 11 is 7.22. The van der Waals surface area contributed by atoms with Crippen LogP contribution in [0.4, 0.5) is 14.4 Å². The van der Waals surface area contributed by atoms with E-state index in [1.807, 2.05) is 42.5 Å². The van der Waals surface area contributed by atoms with Crippen molar-refractivity contribution >= 4 is 70.2 Å². The van der Waals surface area contributed by atoms with Crippen LogP contribution in [0.3, 0.4) is 0 Å². The Morgan fingerprint density at radius 1 is 0.977 bits per heavy atom. The first-order valence-corrected chi connectivity index (χ1v) is 22.5. The Labute approximate surface area is 281 Å². The number of ether oxygens (including phenoxy) is 3. The minimum absolute atomic E-state index is 0.00353. The van der Waals surface area contributed by atoms with E-state index in [0.29, 0.717) is 5.02 Å². The molecule has 1 aliphatic rings. The Bertz CT molecular complexity index is 1380. The first-order chi connectivity index (χ1) is 20.4. The van der Waals surface area contributed by atoms with Crippen molar-refractivity contribution in [2.45, 2.75) is 59.3 Å². The standard InChI is InChI=1S/C30H40ClI2N5O6/c1-29(2,3)43-26(39)34-25(37-18-35(7)27(40)36(8)19-37)38(28(41)44-30(4,5)6)17-20-10-15-23(31)24(16-20)33(32)21-11-13-22(42-9)14-12-21/h10-16H,17-19H2,1-9H3/b34-25+. The molecule has 2 aromatic carbocycles. The van der Waals surface area contributed by atoms with Crippen molar-refractivity contribution in [3.8, 4) is 5.75 Å². The van der Waals surface area contributed by atoms with E-state index >= 15 is 0 Å². The molecule has 1 heterocycles. The fourth-order valence-corrected chi connectivity index (χ4v) is 12.5. The van der Waals surface area contributed by atoms with Crippen molar-refractivity contribution in [2.24, 2.45) is 4.99 Å². The first-order valence-electron chi connectivity index (χ1n) is 13.7. The molecular formula is C30H40ClI2N5O6. The maximum absolute atomic E-state index is 13.8. The van der Waals surface area contributed by atoms with Crippen LogP contribution in [0.25, 0.3) is 0 Å². The second-order valence-corrected chi connectivity index (χ2v) is 21.7. The van der Waals surface area contributed by atoms with Gasteiger partial charge in [0.15, 0.2) is 0 Å². The van der Waals surface area contributed by atoms with Gasteiger partial charge in [0.2, 0.25) is 0 Å². The number of rotatable bonds is 5. The summed E-state index contributed by atoms with van der Waals surface area (Å²) in [5.74, 6) is 0.769. The molecule has 0 aromatic heterocycles. The SMILES string of the molecule is COc1ccc(I(I)c2cc(CN(C(=O)OC(C)(C)C)/C(=N/C(=O)OC(C)(C)C)N3CN(C)C(=O)N(C)C3)ccc2Cl)cc1. The molecule has 2 aromatic rings. The number of hydrogen-bond donors (Lipinski definition) is 0. The number of nitrogens with zero attached hydrogens (tertiary/aromatic N) is 5. The van der Waals surface area contributed by atoms with Gasteiger partial charge in [-0.25, -0.2) is 0 Å². The number of hydrogen-bond acceptors (Lipinski definition) is 6. The molecule has 4 amide bonds. The van der Waals surface area contributed by atoms with Gasteiger partial charge in [-0.1, -0.05) is 0 Å². The van der Waals surface area contributed by atoms with Gasteiger partial charge in [-0.05, 0) is 0 Å². The van der Waals surface area contributed by atoms with Crippen LogP contribution in [-0.4, -0.2) is 89.5 Å². The molecule has 0 bridgehead atoms. The number of methoxy groups -OCH3 is 1. The van der Waals surface area contributed by atoms with Crippen LogP contribution in [0.2, 0.25) is 5.02 Å². The third-order valence-corrected chi connectivity index (χ3v) is 16.4. The summed E-state index contributed by atoms with van der Waals surface area (Å²) in [7, 11) is 4.89. The Kier molecular flexibility index (Phi) is 12.0. The number of carbonyl (C=O) groups excluding carboxylic acids is 3. The van der Waals surface area contributed by atoms with Gasteiger partial charge >= 0.3 is 283 Å². The van der Waals surface area contributed by atoms with Crippen molar-refractivity contribution in [1.82, 2.24) is 19.6 Å². The predicted octanol–water partition coefficient (Wildman–Crippen LogP) is 7.49. The zero-order valence-corrected chi connectivity index (χ0v) is 31.6. The molecule has 3 rings (SSSR count). The third-order valence-electron chi connectivity index (χ3n) is 5.89. The predicted molar refractivity (Wildman–Crippen MR) is 188 cm³/mol. The number of benzene rings is 2. The molecular weight excluding hydrogens is 816 g/mol. The summed E-state index contributed by atoms with van der Waals surface area (Å²) < 4.78 is 18.8. The average molecular weight is 856 g/mol. The zero-order valence-electron chi connectivity index (χ0n) is 26.5. The summed E-state index contributed by atoms with van der Waals surface area (Å²) in [6.07, 6.45) is -1.58. The molecule has 44 heavy (non-hydrogen) atoms. The molecule has 1 fully saturated rings. The Balaban J connectivity index is 2.10. The van der Waals surface area contributed by atoms with Crippen LogP contribution in [0.5, 0.6) is 5.75 Å². The summed E-state index contributed by atoms with van der Waals surface area (Å²) in [5.41, 5.74) is -0.895. The minimum atomic E-state index is -1.98. The molecule has 242 valence electrons.